The Morgan fingerprint density at radius 3 is 2.35 bits per heavy atom. The number of hydrogen-bond acceptors (Lipinski definition) is 2. The van der Waals surface area contributed by atoms with Gasteiger partial charge in [-0.1, -0.05) is 45.0 Å². The molecule has 2 atom stereocenters. The molecule has 2 nitrogen and oxygen atoms in total. The van der Waals surface area contributed by atoms with Crippen molar-refractivity contribution < 1.29 is 0 Å². The first kappa shape index (κ1) is 15.5. The lowest BCUT2D eigenvalue weighted by Gasteiger charge is -2.21. The molecule has 0 amide bonds. The molecule has 0 bridgehead atoms. The molecule has 0 radical (unpaired) electrons. The maximum absolute atomic E-state index is 3.47. The smallest absolute Gasteiger partial charge is 0.0236 e. The van der Waals surface area contributed by atoms with Gasteiger partial charge in [-0.2, -0.15) is 0 Å². The monoisotopic (exact) mass is 274 g/mol. The molecular formula is C18H30N2. The van der Waals surface area contributed by atoms with Crippen molar-refractivity contribution in [2.24, 2.45) is 5.92 Å². The van der Waals surface area contributed by atoms with E-state index in [9.17, 15) is 0 Å². The minimum absolute atomic E-state index is 0.577. The summed E-state index contributed by atoms with van der Waals surface area (Å²) in [5.41, 5.74) is 2.89. The Morgan fingerprint density at radius 2 is 1.80 bits per heavy atom. The Bertz CT molecular complexity index is 396. The van der Waals surface area contributed by atoms with Crippen LogP contribution in [0.25, 0.3) is 0 Å². The third kappa shape index (κ3) is 4.60. The van der Waals surface area contributed by atoms with E-state index in [4.69, 9.17) is 0 Å². The lowest BCUT2D eigenvalue weighted by molar-refractivity contribution is 0.256. The quantitative estimate of drug-likeness (QED) is 0.854. The van der Waals surface area contributed by atoms with Gasteiger partial charge in [-0.15, -0.1) is 0 Å². The van der Waals surface area contributed by atoms with E-state index < -0.39 is 0 Å². The lowest BCUT2D eigenvalue weighted by Crippen LogP contribution is -2.26. The minimum Gasteiger partial charge on any atom is -0.314 e. The third-order valence-corrected chi connectivity index (χ3v) is 4.29. The van der Waals surface area contributed by atoms with Crippen molar-refractivity contribution in [1.82, 2.24) is 10.2 Å². The third-order valence-electron chi connectivity index (χ3n) is 4.29. The van der Waals surface area contributed by atoms with Crippen LogP contribution in [-0.2, 0) is 13.0 Å². The average Bonchev–Trinajstić information content (AvgIpc) is 2.69. The fraction of sp³-hybridized carbons (Fsp3) is 0.667. The van der Waals surface area contributed by atoms with Crippen LogP contribution < -0.4 is 5.32 Å². The molecule has 0 aliphatic carbocycles. The highest BCUT2D eigenvalue weighted by molar-refractivity contribution is 5.23. The first-order valence-electron chi connectivity index (χ1n) is 8.10. The standard InChI is InChI=1S/C18H30N2/c1-14(2)19-10-9-17-5-7-18(8-6-17)13-20-12-15(3)11-16(20)4/h5-8,14-16,19H,9-13H2,1-4H3. The molecule has 2 heteroatoms. The van der Waals surface area contributed by atoms with E-state index in [1.165, 1.54) is 24.1 Å². The van der Waals surface area contributed by atoms with Gasteiger partial charge in [0.25, 0.3) is 0 Å². The van der Waals surface area contributed by atoms with Crippen LogP contribution in [0.5, 0.6) is 0 Å². The van der Waals surface area contributed by atoms with Crippen molar-refractivity contribution in [3.8, 4) is 0 Å². The fourth-order valence-corrected chi connectivity index (χ4v) is 3.16. The Morgan fingerprint density at radius 1 is 1.15 bits per heavy atom. The molecule has 1 fully saturated rings. The largest absolute Gasteiger partial charge is 0.314 e. The Balaban J connectivity index is 1.82. The molecule has 1 aliphatic rings. The average molecular weight is 274 g/mol. The number of hydrogen-bond donors (Lipinski definition) is 1. The maximum atomic E-state index is 3.47. The zero-order chi connectivity index (χ0) is 14.5. The van der Waals surface area contributed by atoms with E-state index in [0.717, 1.165) is 31.5 Å². The van der Waals surface area contributed by atoms with Crippen LogP contribution in [-0.4, -0.2) is 30.1 Å². The van der Waals surface area contributed by atoms with Crippen molar-refractivity contribution in [2.75, 3.05) is 13.1 Å². The molecule has 1 aliphatic heterocycles. The number of nitrogens with one attached hydrogen (secondary N) is 1. The number of nitrogens with zero attached hydrogens (tertiary/aromatic N) is 1. The summed E-state index contributed by atoms with van der Waals surface area (Å²) in [6.07, 6.45) is 2.47. The molecule has 112 valence electrons. The maximum Gasteiger partial charge on any atom is 0.0236 e. The summed E-state index contributed by atoms with van der Waals surface area (Å²) in [6, 6.07) is 10.5. The number of likely N-dealkylation sites (tertiary alicyclic amines) is 1. The van der Waals surface area contributed by atoms with Gasteiger partial charge < -0.3 is 5.32 Å². The van der Waals surface area contributed by atoms with Crippen LogP contribution in [0, 0.1) is 5.92 Å². The second-order valence-corrected chi connectivity index (χ2v) is 6.79. The van der Waals surface area contributed by atoms with Crippen LogP contribution in [0.15, 0.2) is 24.3 Å². The SMILES string of the molecule is CC1CC(C)N(Cc2ccc(CCNC(C)C)cc2)C1. The second kappa shape index (κ2) is 7.24. The van der Waals surface area contributed by atoms with Crippen LogP contribution in [0.4, 0.5) is 0 Å². The molecule has 0 aromatic heterocycles. The van der Waals surface area contributed by atoms with Crippen molar-refractivity contribution in [3.05, 3.63) is 35.4 Å². The van der Waals surface area contributed by atoms with E-state index in [0.29, 0.717) is 6.04 Å². The van der Waals surface area contributed by atoms with Gasteiger partial charge in [0.2, 0.25) is 0 Å². The van der Waals surface area contributed by atoms with E-state index in [-0.39, 0.29) is 0 Å². The van der Waals surface area contributed by atoms with E-state index in [1.807, 2.05) is 0 Å². The first-order valence-corrected chi connectivity index (χ1v) is 8.10. The number of benzene rings is 1. The molecule has 0 spiro atoms. The minimum atomic E-state index is 0.577. The fourth-order valence-electron chi connectivity index (χ4n) is 3.16. The molecule has 1 N–H and O–H groups in total. The molecule has 1 aromatic carbocycles. The van der Waals surface area contributed by atoms with Gasteiger partial charge in [0, 0.05) is 25.2 Å². The Labute approximate surface area is 124 Å². The predicted octanol–water partition coefficient (Wildman–Crippen LogP) is 3.46. The van der Waals surface area contributed by atoms with Crippen LogP contribution >= 0.6 is 0 Å². The molecule has 2 rings (SSSR count). The summed E-state index contributed by atoms with van der Waals surface area (Å²) in [4.78, 5) is 2.61. The van der Waals surface area contributed by atoms with Crippen molar-refractivity contribution in [3.63, 3.8) is 0 Å². The van der Waals surface area contributed by atoms with Gasteiger partial charge in [-0.05, 0) is 43.4 Å². The summed E-state index contributed by atoms with van der Waals surface area (Å²) in [6.45, 7) is 12.5. The molecular weight excluding hydrogens is 244 g/mol. The van der Waals surface area contributed by atoms with E-state index in [1.54, 1.807) is 0 Å². The second-order valence-electron chi connectivity index (χ2n) is 6.79. The van der Waals surface area contributed by atoms with Gasteiger partial charge >= 0.3 is 0 Å². The lowest BCUT2D eigenvalue weighted by atomic mass is 10.1. The molecule has 1 saturated heterocycles. The molecule has 0 saturated carbocycles. The number of rotatable bonds is 6. The normalized spacial score (nSPS) is 23.6. The van der Waals surface area contributed by atoms with E-state index >= 15 is 0 Å². The summed E-state index contributed by atoms with van der Waals surface area (Å²) in [7, 11) is 0. The van der Waals surface area contributed by atoms with Crippen LogP contribution in [0.1, 0.15) is 45.2 Å². The zero-order valence-corrected chi connectivity index (χ0v) is 13.5. The molecule has 1 aromatic rings. The van der Waals surface area contributed by atoms with Gasteiger partial charge in [0.05, 0.1) is 0 Å². The first-order chi connectivity index (χ1) is 9.54. The summed E-state index contributed by atoms with van der Waals surface area (Å²) in [5, 5.41) is 3.47. The van der Waals surface area contributed by atoms with Crippen molar-refractivity contribution >= 4 is 0 Å². The van der Waals surface area contributed by atoms with Crippen LogP contribution in [0.2, 0.25) is 0 Å². The van der Waals surface area contributed by atoms with Gasteiger partial charge in [0.15, 0.2) is 0 Å². The molecule has 20 heavy (non-hydrogen) atoms. The van der Waals surface area contributed by atoms with Gasteiger partial charge in [0.1, 0.15) is 0 Å². The van der Waals surface area contributed by atoms with Gasteiger partial charge in [-0.25, -0.2) is 0 Å². The predicted molar refractivity (Wildman–Crippen MR) is 86.9 cm³/mol. The highest BCUT2D eigenvalue weighted by Gasteiger charge is 2.25. The Hall–Kier alpha value is -0.860. The summed E-state index contributed by atoms with van der Waals surface area (Å²) >= 11 is 0. The summed E-state index contributed by atoms with van der Waals surface area (Å²) in [5.74, 6) is 0.853. The van der Waals surface area contributed by atoms with E-state index in [2.05, 4.69) is 62.2 Å². The molecule has 1 heterocycles. The van der Waals surface area contributed by atoms with Crippen LogP contribution in [0.3, 0.4) is 0 Å². The van der Waals surface area contributed by atoms with Gasteiger partial charge in [-0.3, -0.25) is 4.90 Å². The van der Waals surface area contributed by atoms with Crippen molar-refractivity contribution in [1.29, 1.82) is 0 Å². The Kier molecular flexibility index (Phi) is 5.62. The summed E-state index contributed by atoms with van der Waals surface area (Å²) < 4.78 is 0. The zero-order valence-electron chi connectivity index (χ0n) is 13.5. The van der Waals surface area contributed by atoms with Crippen molar-refractivity contribution in [2.45, 2.75) is 59.2 Å². The highest BCUT2D eigenvalue weighted by atomic mass is 15.2. The highest BCUT2D eigenvalue weighted by Crippen LogP contribution is 2.24. The molecule has 2 unspecified atom stereocenters. The topological polar surface area (TPSA) is 15.3 Å².